The highest BCUT2D eigenvalue weighted by Crippen LogP contribution is 2.17. The second kappa shape index (κ2) is 8.43. The van der Waals surface area contributed by atoms with E-state index in [4.69, 9.17) is 0 Å². The second-order valence-corrected chi connectivity index (χ2v) is 6.16. The van der Waals surface area contributed by atoms with Crippen molar-refractivity contribution in [2.24, 2.45) is 0 Å². The van der Waals surface area contributed by atoms with Gasteiger partial charge in [0.1, 0.15) is 11.6 Å². The Morgan fingerprint density at radius 2 is 1.77 bits per heavy atom. The normalized spacial score (nSPS) is 11.9. The van der Waals surface area contributed by atoms with Gasteiger partial charge in [0.15, 0.2) is 5.78 Å². The number of allylic oxidation sites excluding steroid dienone is 2. The van der Waals surface area contributed by atoms with Crippen molar-refractivity contribution >= 4 is 29.0 Å². The van der Waals surface area contributed by atoms with Crippen LogP contribution in [-0.2, 0) is 17.9 Å². The Morgan fingerprint density at radius 3 is 2.54 bits per heavy atom. The van der Waals surface area contributed by atoms with Crippen LogP contribution in [0, 0.1) is 0 Å². The molecule has 5 heteroatoms. The number of hydrogen-bond acceptors (Lipinski definition) is 3. The lowest BCUT2D eigenvalue weighted by Crippen LogP contribution is -2.00. The quantitative estimate of drug-likeness (QED) is 0.569. The number of rotatable bonds is 8. The van der Waals surface area contributed by atoms with Crippen molar-refractivity contribution in [2.45, 2.75) is 39.8 Å². The molecule has 2 aromatic heterocycles. The minimum Gasteiger partial charge on any atom is -0.332 e. The Kier molecular flexibility index (Phi) is 5.79. The maximum absolute atomic E-state index is 12.2. The van der Waals surface area contributed by atoms with Gasteiger partial charge in [-0.3, -0.25) is 4.79 Å². The number of imidazole rings is 2. The Balaban J connectivity index is 1.78. The van der Waals surface area contributed by atoms with Gasteiger partial charge in [-0.15, -0.1) is 0 Å². The molecule has 3 aromatic rings. The molecule has 3 rings (SSSR count). The number of para-hydroxylation sites is 2. The van der Waals surface area contributed by atoms with Crippen LogP contribution < -0.4 is 0 Å². The van der Waals surface area contributed by atoms with Gasteiger partial charge in [0, 0.05) is 25.5 Å². The first-order valence-electron chi connectivity index (χ1n) is 9.09. The Labute approximate surface area is 153 Å². The van der Waals surface area contributed by atoms with E-state index in [1.165, 1.54) is 0 Å². The van der Waals surface area contributed by atoms with Gasteiger partial charge in [-0.25, -0.2) is 9.97 Å². The summed E-state index contributed by atoms with van der Waals surface area (Å²) in [4.78, 5) is 21.1. The van der Waals surface area contributed by atoms with Gasteiger partial charge in [0.2, 0.25) is 0 Å². The highest BCUT2D eigenvalue weighted by atomic mass is 16.1. The van der Waals surface area contributed by atoms with Crippen LogP contribution >= 0.6 is 0 Å². The number of hydrogen-bond donors (Lipinski definition) is 0. The number of aryl methyl sites for hydroxylation is 2. The van der Waals surface area contributed by atoms with Gasteiger partial charge < -0.3 is 9.13 Å². The zero-order chi connectivity index (χ0) is 18.4. The van der Waals surface area contributed by atoms with Gasteiger partial charge >= 0.3 is 0 Å². The van der Waals surface area contributed by atoms with Crippen molar-refractivity contribution in [1.82, 2.24) is 19.1 Å². The zero-order valence-corrected chi connectivity index (χ0v) is 15.3. The third-order valence-electron chi connectivity index (χ3n) is 4.14. The summed E-state index contributed by atoms with van der Waals surface area (Å²) in [5.74, 6) is 1.53. The van der Waals surface area contributed by atoms with Crippen LogP contribution in [0.1, 0.15) is 38.3 Å². The fraction of sp³-hybridized carbons (Fsp3) is 0.286. The summed E-state index contributed by atoms with van der Waals surface area (Å²) in [6.07, 6.45) is 12.4. The smallest absolute Gasteiger partial charge is 0.178 e. The van der Waals surface area contributed by atoms with E-state index in [1.54, 1.807) is 30.5 Å². The van der Waals surface area contributed by atoms with Crippen LogP contribution in [0.15, 0.2) is 48.8 Å². The molecular formula is C21H24N4O. The average Bonchev–Trinajstić information content (AvgIpc) is 3.23. The molecule has 0 N–H and O–H groups in total. The van der Waals surface area contributed by atoms with Crippen LogP contribution in [0.5, 0.6) is 0 Å². The number of fused-ring (bicyclic) bond motifs is 1. The third-order valence-corrected chi connectivity index (χ3v) is 4.14. The van der Waals surface area contributed by atoms with Crippen molar-refractivity contribution < 1.29 is 4.79 Å². The first kappa shape index (κ1) is 17.9. The Bertz CT molecular complexity index is 946. The van der Waals surface area contributed by atoms with E-state index in [0.717, 1.165) is 48.6 Å². The molecule has 26 heavy (non-hydrogen) atoms. The molecule has 0 aliphatic rings. The summed E-state index contributed by atoms with van der Waals surface area (Å²) < 4.78 is 4.19. The van der Waals surface area contributed by atoms with Crippen LogP contribution in [0.4, 0.5) is 0 Å². The molecule has 0 bridgehead atoms. The van der Waals surface area contributed by atoms with E-state index in [0.29, 0.717) is 0 Å². The lowest BCUT2D eigenvalue weighted by molar-refractivity contribution is -0.110. The second-order valence-electron chi connectivity index (χ2n) is 6.16. The zero-order valence-electron chi connectivity index (χ0n) is 15.3. The Hall–Kier alpha value is -2.95. The van der Waals surface area contributed by atoms with Crippen LogP contribution in [0.2, 0.25) is 0 Å². The van der Waals surface area contributed by atoms with Crippen LogP contribution in [0.25, 0.3) is 23.2 Å². The number of aromatic nitrogens is 4. The molecule has 0 unspecified atom stereocenters. The largest absolute Gasteiger partial charge is 0.332 e. The first-order valence-corrected chi connectivity index (χ1v) is 9.09. The lowest BCUT2D eigenvalue weighted by atomic mass is 10.3. The first-order chi connectivity index (χ1) is 12.7. The summed E-state index contributed by atoms with van der Waals surface area (Å²) in [5.41, 5.74) is 2.05. The third kappa shape index (κ3) is 3.99. The molecule has 0 radical (unpaired) electrons. The van der Waals surface area contributed by atoms with Crippen LogP contribution in [-0.4, -0.2) is 24.9 Å². The highest BCUT2D eigenvalue weighted by molar-refractivity contribution is 6.04. The van der Waals surface area contributed by atoms with Crippen molar-refractivity contribution in [2.75, 3.05) is 0 Å². The number of benzene rings is 1. The average molecular weight is 348 g/mol. The molecule has 0 amide bonds. The molecule has 1 aromatic carbocycles. The summed E-state index contributed by atoms with van der Waals surface area (Å²) in [6.45, 7) is 6.02. The van der Waals surface area contributed by atoms with Gasteiger partial charge in [0.25, 0.3) is 0 Å². The van der Waals surface area contributed by atoms with Gasteiger partial charge in [0.05, 0.1) is 11.0 Å². The van der Waals surface area contributed by atoms with Gasteiger partial charge in [-0.05, 0) is 49.3 Å². The summed E-state index contributed by atoms with van der Waals surface area (Å²) in [6, 6.07) is 8.04. The Morgan fingerprint density at radius 1 is 1.04 bits per heavy atom. The monoisotopic (exact) mass is 348 g/mol. The van der Waals surface area contributed by atoms with Crippen molar-refractivity contribution in [1.29, 1.82) is 0 Å². The molecule has 2 heterocycles. The summed E-state index contributed by atoms with van der Waals surface area (Å²) in [5, 5.41) is 0. The van der Waals surface area contributed by atoms with Crippen LogP contribution in [0.3, 0.4) is 0 Å². The minimum atomic E-state index is -0.0776. The maximum atomic E-state index is 12.2. The minimum absolute atomic E-state index is 0.0776. The van der Waals surface area contributed by atoms with E-state index in [2.05, 4.69) is 34.4 Å². The predicted octanol–water partition coefficient (Wildman–Crippen LogP) is 4.35. The number of carbonyl (C=O) groups excluding carboxylic acids is 1. The molecule has 0 aliphatic heterocycles. The van der Waals surface area contributed by atoms with Gasteiger partial charge in [-0.2, -0.15) is 0 Å². The molecular weight excluding hydrogens is 324 g/mol. The molecule has 0 atom stereocenters. The number of ketones is 1. The topological polar surface area (TPSA) is 52.7 Å². The fourth-order valence-electron chi connectivity index (χ4n) is 2.96. The SMILES string of the molecule is CCCn1ccnc1/C=C/C(=O)/C=C/c1nc2ccccc2n1CCC. The highest BCUT2D eigenvalue weighted by Gasteiger charge is 2.07. The van der Waals surface area contributed by atoms with E-state index in [9.17, 15) is 4.79 Å². The van der Waals surface area contributed by atoms with Gasteiger partial charge in [-0.1, -0.05) is 26.0 Å². The van der Waals surface area contributed by atoms with Crippen molar-refractivity contribution in [3.8, 4) is 0 Å². The molecule has 0 saturated carbocycles. The number of carbonyl (C=O) groups is 1. The molecule has 5 nitrogen and oxygen atoms in total. The molecule has 0 spiro atoms. The number of nitrogens with zero attached hydrogens (tertiary/aromatic N) is 4. The summed E-state index contributed by atoms with van der Waals surface area (Å²) >= 11 is 0. The molecule has 134 valence electrons. The van der Waals surface area contributed by atoms with E-state index in [-0.39, 0.29) is 5.78 Å². The molecule has 0 aliphatic carbocycles. The standard InChI is InChI=1S/C21H24N4O/c1-3-14-24-16-13-22-20(24)11-9-17(26)10-12-21-23-18-7-5-6-8-19(18)25(21)15-4-2/h5-13,16H,3-4,14-15H2,1-2H3/b11-9+,12-10+. The summed E-state index contributed by atoms with van der Waals surface area (Å²) in [7, 11) is 0. The molecule has 0 saturated heterocycles. The van der Waals surface area contributed by atoms with E-state index >= 15 is 0 Å². The van der Waals surface area contributed by atoms with E-state index in [1.807, 2.05) is 29.0 Å². The lowest BCUT2D eigenvalue weighted by Gasteiger charge is -2.04. The van der Waals surface area contributed by atoms with Crippen molar-refractivity contribution in [3.63, 3.8) is 0 Å². The molecule has 0 fully saturated rings. The van der Waals surface area contributed by atoms with E-state index < -0.39 is 0 Å². The fourth-order valence-corrected chi connectivity index (χ4v) is 2.96. The van der Waals surface area contributed by atoms with Crippen molar-refractivity contribution in [3.05, 3.63) is 60.5 Å². The predicted molar refractivity (Wildman–Crippen MR) is 106 cm³/mol. The maximum Gasteiger partial charge on any atom is 0.178 e.